The van der Waals surface area contributed by atoms with Crippen LogP contribution in [0.25, 0.3) is 22.0 Å². The fourth-order valence-corrected chi connectivity index (χ4v) is 4.86. The van der Waals surface area contributed by atoms with Gasteiger partial charge in [0.1, 0.15) is 5.69 Å². The lowest BCUT2D eigenvalue weighted by Gasteiger charge is -2.31. The van der Waals surface area contributed by atoms with Crippen molar-refractivity contribution in [2.45, 2.75) is 71.4 Å². The predicted octanol–water partition coefficient (Wildman–Crippen LogP) is 5.50. The van der Waals surface area contributed by atoms with Gasteiger partial charge in [0.05, 0.1) is 17.2 Å². The van der Waals surface area contributed by atoms with Gasteiger partial charge >= 0.3 is 0 Å². The number of nitrogens with zero attached hydrogens (tertiary/aromatic N) is 4. The van der Waals surface area contributed by atoms with E-state index in [9.17, 15) is 5.11 Å². The number of pyridine rings is 1. The molecule has 4 rings (SSSR count). The number of benzene rings is 1. The summed E-state index contributed by atoms with van der Waals surface area (Å²) in [6, 6.07) is 8.98. The molecule has 1 saturated heterocycles. The van der Waals surface area contributed by atoms with Gasteiger partial charge in [-0.15, -0.1) is 10.2 Å². The van der Waals surface area contributed by atoms with E-state index < -0.39 is 6.10 Å². The van der Waals surface area contributed by atoms with Crippen LogP contribution in [0.1, 0.15) is 82.2 Å². The summed E-state index contributed by atoms with van der Waals surface area (Å²) in [5.41, 5.74) is 5.17. The monoisotopic (exact) mass is 447 g/mol. The lowest BCUT2D eigenvalue weighted by atomic mass is 9.89. The Morgan fingerprint density at radius 1 is 1.06 bits per heavy atom. The largest absolute Gasteiger partial charge is 0.387 e. The van der Waals surface area contributed by atoms with Crippen molar-refractivity contribution in [2.75, 3.05) is 25.5 Å². The molecule has 176 valence electrons. The summed E-state index contributed by atoms with van der Waals surface area (Å²) in [6.45, 7) is 12.7. The lowest BCUT2D eigenvalue weighted by Crippen LogP contribution is -2.40. The molecule has 0 spiro atoms. The Bertz CT molecular complexity index is 1120. The van der Waals surface area contributed by atoms with Crippen molar-refractivity contribution in [3.63, 3.8) is 0 Å². The van der Waals surface area contributed by atoms with E-state index in [4.69, 9.17) is 5.10 Å². The van der Waals surface area contributed by atoms with E-state index in [2.05, 4.69) is 73.2 Å². The number of hydrogen-bond donors (Lipinski definition) is 2. The van der Waals surface area contributed by atoms with E-state index in [0.29, 0.717) is 29.4 Å². The Morgan fingerprint density at radius 3 is 2.52 bits per heavy atom. The molecule has 0 saturated carbocycles. The van der Waals surface area contributed by atoms with Crippen LogP contribution in [0.15, 0.2) is 30.5 Å². The Kier molecular flexibility index (Phi) is 6.96. The van der Waals surface area contributed by atoms with E-state index >= 15 is 0 Å². The highest BCUT2D eigenvalue weighted by Gasteiger charge is 2.23. The van der Waals surface area contributed by atoms with Crippen molar-refractivity contribution in [2.24, 2.45) is 0 Å². The molecule has 0 bridgehead atoms. The molecule has 2 N–H and O–H groups in total. The third-order valence-electron chi connectivity index (χ3n) is 6.70. The number of aromatic nitrogens is 3. The van der Waals surface area contributed by atoms with Gasteiger partial charge in [-0.2, -0.15) is 0 Å². The Morgan fingerprint density at radius 2 is 1.85 bits per heavy atom. The highest BCUT2D eigenvalue weighted by atomic mass is 16.3. The van der Waals surface area contributed by atoms with E-state index in [1.165, 1.54) is 11.1 Å². The van der Waals surface area contributed by atoms with Crippen LogP contribution in [0.5, 0.6) is 0 Å². The Balaban J connectivity index is 1.89. The van der Waals surface area contributed by atoms with Gasteiger partial charge in [0.25, 0.3) is 0 Å². The van der Waals surface area contributed by atoms with E-state index in [1.807, 2.05) is 6.07 Å². The average Bonchev–Trinajstić information content (AvgIpc) is 2.78. The van der Waals surface area contributed by atoms with Crippen LogP contribution >= 0.6 is 0 Å². The number of hydrogen-bond acceptors (Lipinski definition) is 6. The second-order valence-corrected chi connectivity index (χ2v) is 10.1. The number of likely N-dealkylation sites (tertiary alicyclic amines) is 1. The molecule has 3 heterocycles. The predicted molar refractivity (Wildman–Crippen MR) is 136 cm³/mol. The van der Waals surface area contributed by atoms with Crippen molar-refractivity contribution in [3.05, 3.63) is 47.3 Å². The van der Waals surface area contributed by atoms with Crippen LogP contribution in [0.4, 0.5) is 5.82 Å². The molecule has 3 aromatic rings. The number of nitrogens with one attached hydrogen (secondary N) is 1. The Hall–Kier alpha value is -2.57. The number of fused-ring (bicyclic) bond motifs is 1. The molecular formula is C27H37N5O. The van der Waals surface area contributed by atoms with Crippen molar-refractivity contribution in [1.29, 1.82) is 0 Å². The molecule has 1 aliphatic rings. The maximum absolute atomic E-state index is 10.5. The zero-order valence-corrected chi connectivity index (χ0v) is 20.8. The van der Waals surface area contributed by atoms with Crippen molar-refractivity contribution in [1.82, 2.24) is 20.1 Å². The molecule has 1 aromatic carbocycles. The number of rotatable bonds is 6. The minimum atomic E-state index is -0.701. The van der Waals surface area contributed by atoms with Gasteiger partial charge in [-0.1, -0.05) is 45.9 Å². The van der Waals surface area contributed by atoms with Crippen molar-refractivity contribution >= 4 is 16.6 Å². The number of aliphatic hydroxyl groups excluding tert-OH is 1. The van der Waals surface area contributed by atoms with Gasteiger partial charge in [0.2, 0.25) is 0 Å². The third kappa shape index (κ3) is 4.87. The second-order valence-electron chi connectivity index (χ2n) is 10.1. The summed E-state index contributed by atoms with van der Waals surface area (Å²) in [4.78, 5) is 6.87. The number of piperidine rings is 1. The standard InChI is InChI=1S/C27H37N5O/c1-16(2)19-9-10-21(23(14-19)17(3)4)26-22-11-12-28-25(18(5)33)24(22)27(31-30-26)29-20-8-7-13-32(6)15-20/h9-12,14,16-18,20,33H,7-8,13,15H2,1-6H3,(H,29,31)/t18?,20-/m1/s1. The molecule has 0 amide bonds. The van der Waals surface area contributed by atoms with Crippen molar-refractivity contribution in [3.8, 4) is 11.3 Å². The number of aliphatic hydroxyl groups is 1. The van der Waals surface area contributed by atoms with Gasteiger partial charge in [-0.25, -0.2) is 0 Å². The summed E-state index contributed by atoms with van der Waals surface area (Å²) in [7, 11) is 2.15. The van der Waals surface area contributed by atoms with Gasteiger partial charge in [0.15, 0.2) is 5.82 Å². The quantitative estimate of drug-likeness (QED) is 0.520. The molecule has 0 aliphatic carbocycles. The van der Waals surface area contributed by atoms with Gasteiger partial charge in [-0.3, -0.25) is 4.98 Å². The van der Waals surface area contributed by atoms with Gasteiger partial charge < -0.3 is 15.3 Å². The topological polar surface area (TPSA) is 74.2 Å². The fraction of sp³-hybridized carbons (Fsp3) is 0.519. The lowest BCUT2D eigenvalue weighted by molar-refractivity contribution is 0.196. The normalized spacial score (nSPS) is 18.3. The van der Waals surface area contributed by atoms with Crippen LogP contribution in [-0.4, -0.2) is 51.4 Å². The summed E-state index contributed by atoms with van der Waals surface area (Å²) in [5, 5.41) is 25.4. The summed E-state index contributed by atoms with van der Waals surface area (Å²) in [6.07, 6.45) is 3.31. The van der Waals surface area contributed by atoms with Gasteiger partial charge in [-0.05, 0) is 62.4 Å². The molecule has 0 radical (unpaired) electrons. The smallest absolute Gasteiger partial charge is 0.158 e. The molecule has 2 atom stereocenters. The fourth-order valence-electron chi connectivity index (χ4n) is 4.86. The minimum absolute atomic E-state index is 0.297. The molecule has 6 nitrogen and oxygen atoms in total. The molecule has 1 aliphatic heterocycles. The first-order chi connectivity index (χ1) is 15.8. The van der Waals surface area contributed by atoms with Crippen molar-refractivity contribution < 1.29 is 5.11 Å². The van der Waals surface area contributed by atoms with Crippen LogP contribution in [0.2, 0.25) is 0 Å². The molecule has 1 unspecified atom stereocenters. The zero-order chi connectivity index (χ0) is 23.7. The highest BCUT2D eigenvalue weighted by molar-refractivity contribution is 6.02. The SMILES string of the molecule is CC(C)c1ccc(-c2nnc(N[C@@H]3CCCN(C)C3)c3c(C(C)O)nccc23)c(C(C)C)c1. The zero-order valence-electron chi connectivity index (χ0n) is 20.8. The first-order valence-corrected chi connectivity index (χ1v) is 12.2. The maximum atomic E-state index is 10.5. The Labute approximate surface area is 197 Å². The summed E-state index contributed by atoms with van der Waals surface area (Å²) < 4.78 is 0. The summed E-state index contributed by atoms with van der Waals surface area (Å²) >= 11 is 0. The third-order valence-corrected chi connectivity index (χ3v) is 6.70. The first-order valence-electron chi connectivity index (χ1n) is 12.2. The molecule has 2 aromatic heterocycles. The van der Waals surface area contributed by atoms with Crippen LogP contribution < -0.4 is 5.32 Å². The van der Waals surface area contributed by atoms with Crippen LogP contribution in [0, 0.1) is 0 Å². The second kappa shape index (κ2) is 9.74. The van der Waals surface area contributed by atoms with E-state index in [1.54, 1.807) is 13.1 Å². The molecular weight excluding hydrogens is 410 g/mol. The minimum Gasteiger partial charge on any atom is -0.387 e. The maximum Gasteiger partial charge on any atom is 0.158 e. The number of likely N-dealkylation sites (N-methyl/N-ethyl adjacent to an activating group) is 1. The summed E-state index contributed by atoms with van der Waals surface area (Å²) in [5.74, 6) is 1.53. The van der Waals surface area contributed by atoms with Crippen LogP contribution in [0.3, 0.4) is 0 Å². The molecule has 6 heteroatoms. The van der Waals surface area contributed by atoms with E-state index in [0.717, 1.165) is 48.0 Å². The molecule has 1 fully saturated rings. The van der Waals surface area contributed by atoms with Crippen LogP contribution in [-0.2, 0) is 0 Å². The first kappa shape index (κ1) is 23.6. The number of anilines is 1. The molecule has 33 heavy (non-hydrogen) atoms. The van der Waals surface area contributed by atoms with E-state index in [-0.39, 0.29) is 0 Å². The highest BCUT2D eigenvalue weighted by Crippen LogP contribution is 2.38. The van der Waals surface area contributed by atoms with Gasteiger partial charge in [0, 0.05) is 29.7 Å². The average molecular weight is 448 g/mol.